The summed E-state index contributed by atoms with van der Waals surface area (Å²) < 4.78 is 5.85. The van der Waals surface area contributed by atoms with Crippen LogP contribution in [0.3, 0.4) is 0 Å². The van der Waals surface area contributed by atoms with Crippen molar-refractivity contribution in [3.8, 4) is 11.5 Å². The fourth-order valence-corrected chi connectivity index (χ4v) is 2.59. The highest BCUT2D eigenvalue weighted by atomic mass is 32.2. The van der Waals surface area contributed by atoms with Gasteiger partial charge in [-0.05, 0) is 36.1 Å². The molecule has 1 aliphatic rings. The lowest BCUT2D eigenvalue weighted by atomic mass is 9.99. The SMILES string of the molecule is CSc1ccc2c(c1)Cc1ccc(C=O)cc1O2. The van der Waals surface area contributed by atoms with Crippen LogP contribution in [0.4, 0.5) is 0 Å². The molecule has 1 heterocycles. The first-order valence-corrected chi connectivity index (χ1v) is 6.95. The number of carbonyl (C=O) groups is 1. The van der Waals surface area contributed by atoms with E-state index in [0.29, 0.717) is 5.56 Å². The molecular formula is C15H12O2S. The summed E-state index contributed by atoms with van der Waals surface area (Å²) in [5.74, 6) is 1.69. The molecule has 0 amide bonds. The highest BCUT2D eigenvalue weighted by molar-refractivity contribution is 7.98. The molecule has 0 spiro atoms. The molecular weight excluding hydrogens is 244 g/mol. The molecule has 0 aliphatic carbocycles. The van der Waals surface area contributed by atoms with Crippen molar-refractivity contribution in [1.29, 1.82) is 0 Å². The Kier molecular flexibility index (Phi) is 2.84. The van der Waals surface area contributed by atoms with Crippen molar-refractivity contribution < 1.29 is 9.53 Å². The van der Waals surface area contributed by atoms with Crippen LogP contribution in [0, 0.1) is 0 Å². The molecule has 2 aromatic rings. The Hall–Kier alpha value is -1.74. The highest BCUT2D eigenvalue weighted by Gasteiger charge is 2.17. The van der Waals surface area contributed by atoms with Gasteiger partial charge in [0, 0.05) is 22.4 Å². The second-order valence-corrected chi connectivity index (χ2v) is 5.12. The number of hydrogen-bond donors (Lipinski definition) is 0. The minimum absolute atomic E-state index is 0.651. The highest BCUT2D eigenvalue weighted by Crippen LogP contribution is 2.38. The molecule has 0 atom stereocenters. The van der Waals surface area contributed by atoms with Crippen molar-refractivity contribution in [3.63, 3.8) is 0 Å². The standard InChI is InChI=1S/C15H12O2S/c1-18-13-4-5-14-12(8-13)7-11-3-2-10(9-16)6-15(11)17-14/h2-6,8-9H,7H2,1H3. The van der Waals surface area contributed by atoms with E-state index in [-0.39, 0.29) is 0 Å². The van der Waals surface area contributed by atoms with Gasteiger partial charge in [0.05, 0.1) is 0 Å². The molecule has 90 valence electrons. The number of benzene rings is 2. The second-order valence-electron chi connectivity index (χ2n) is 4.24. The predicted molar refractivity (Wildman–Crippen MR) is 72.9 cm³/mol. The van der Waals surface area contributed by atoms with E-state index in [2.05, 4.69) is 18.4 Å². The van der Waals surface area contributed by atoms with Gasteiger partial charge in [-0.15, -0.1) is 11.8 Å². The summed E-state index contributed by atoms with van der Waals surface area (Å²) in [6.07, 6.45) is 3.77. The summed E-state index contributed by atoms with van der Waals surface area (Å²) in [6, 6.07) is 11.8. The zero-order valence-corrected chi connectivity index (χ0v) is 10.8. The maximum atomic E-state index is 10.8. The number of fused-ring (bicyclic) bond motifs is 2. The van der Waals surface area contributed by atoms with Crippen LogP contribution in [0.15, 0.2) is 41.3 Å². The molecule has 0 aromatic heterocycles. The number of thioether (sulfide) groups is 1. The quantitative estimate of drug-likeness (QED) is 0.513. The lowest BCUT2D eigenvalue weighted by Gasteiger charge is -2.20. The third-order valence-corrected chi connectivity index (χ3v) is 3.82. The molecule has 0 saturated carbocycles. The van der Waals surface area contributed by atoms with Crippen LogP contribution in [0.25, 0.3) is 0 Å². The predicted octanol–water partition coefficient (Wildman–Crippen LogP) is 3.92. The van der Waals surface area contributed by atoms with Crippen molar-refractivity contribution in [2.24, 2.45) is 0 Å². The van der Waals surface area contributed by atoms with Gasteiger partial charge in [-0.25, -0.2) is 0 Å². The zero-order chi connectivity index (χ0) is 12.5. The lowest BCUT2D eigenvalue weighted by molar-refractivity contribution is 0.112. The molecule has 0 fully saturated rings. The van der Waals surface area contributed by atoms with Gasteiger partial charge < -0.3 is 4.74 Å². The van der Waals surface area contributed by atoms with E-state index < -0.39 is 0 Å². The van der Waals surface area contributed by atoms with E-state index >= 15 is 0 Å². The van der Waals surface area contributed by atoms with E-state index in [1.807, 2.05) is 18.2 Å². The van der Waals surface area contributed by atoms with Gasteiger partial charge in [-0.1, -0.05) is 12.1 Å². The van der Waals surface area contributed by atoms with Crippen LogP contribution in [0.1, 0.15) is 21.5 Å². The molecule has 3 rings (SSSR count). The Morgan fingerprint density at radius 3 is 2.78 bits per heavy atom. The topological polar surface area (TPSA) is 26.3 Å². The molecule has 0 N–H and O–H groups in total. The van der Waals surface area contributed by atoms with Crippen LogP contribution >= 0.6 is 11.8 Å². The summed E-state index contributed by atoms with van der Waals surface area (Å²) >= 11 is 1.73. The van der Waals surface area contributed by atoms with Crippen molar-refractivity contribution in [1.82, 2.24) is 0 Å². The Balaban J connectivity index is 2.02. The zero-order valence-electron chi connectivity index (χ0n) is 9.97. The van der Waals surface area contributed by atoms with Crippen LogP contribution < -0.4 is 4.74 Å². The summed E-state index contributed by atoms with van der Waals surface area (Å²) in [7, 11) is 0. The van der Waals surface area contributed by atoms with E-state index in [9.17, 15) is 4.79 Å². The summed E-state index contributed by atoms with van der Waals surface area (Å²) in [6.45, 7) is 0. The minimum Gasteiger partial charge on any atom is -0.457 e. The number of hydrogen-bond acceptors (Lipinski definition) is 3. The smallest absolute Gasteiger partial charge is 0.150 e. The lowest BCUT2D eigenvalue weighted by Crippen LogP contribution is -2.03. The number of aldehydes is 1. The van der Waals surface area contributed by atoms with E-state index in [0.717, 1.165) is 29.8 Å². The van der Waals surface area contributed by atoms with Crippen LogP contribution in [0.5, 0.6) is 11.5 Å². The van der Waals surface area contributed by atoms with Crippen molar-refractivity contribution in [3.05, 3.63) is 53.1 Å². The summed E-state index contributed by atoms with van der Waals surface area (Å²) in [5.41, 5.74) is 2.98. The van der Waals surface area contributed by atoms with Crippen LogP contribution in [-0.2, 0) is 6.42 Å². The van der Waals surface area contributed by atoms with Gasteiger partial charge in [-0.2, -0.15) is 0 Å². The van der Waals surface area contributed by atoms with Crippen molar-refractivity contribution in [2.45, 2.75) is 11.3 Å². The second kappa shape index (κ2) is 4.50. The van der Waals surface area contributed by atoms with Gasteiger partial charge in [0.2, 0.25) is 0 Å². The average molecular weight is 256 g/mol. The Labute approximate surface area is 110 Å². The van der Waals surface area contributed by atoms with Crippen molar-refractivity contribution >= 4 is 18.0 Å². The third kappa shape index (κ3) is 1.91. The largest absolute Gasteiger partial charge is 0.457 e. The number of carbonyl (C=O) groups excluding carboxylic acids is 1. The van der Waals surface area contributed by atoms with E-state index in [1.165, 1.54) is 10.5 Å². The molecule has 2 aromatic carbocycles. The monoisotopic (exact) mass is 256 g/mol. The first-order valence-electron chi connectivity index (χ1n) is 5.73. The average Bonchev–Trinajstić information content (AvgIpc) is 2.43. The first kappa shape index (κ1) is 11.4. The molecule has 0 bridgehead atoms. The minimum atomic E-state index is 0.651. The van der Waals surface area contributed by atoms with Gasteiger partial charge in [-0.3, -0.25) is 4.79 Å². The van der Waals surface area contributed by atoms with Crippen molar-refractivity contribution in [2.75, 3.05) is 6.26 Å². The molecule has 0 unspecified atom stereocenters. The Morgan fingerprint density at radius 1 is 1.11 bits per heavy atom. The first-order chi connectivity index (χ1) is 8.80. The molecule has 1 aliphatic heterocycles. The number of rotatable bonds is 2. The maximum absolute atomic E-state index is 10.8. The molecule has 18 heavy (non-hydrogen) atoms. The van der Waals surface area contributed by atoms with E-state index in [4.69, 9.17) is 4.74 Å². The fourth-order valence-electron chi connectivity index (χ4n) is 2.13. The van der Waals surface area contributed by atoms with E-state index in [1.54, 1.807) is 17.8 Å². The summed E-state index contributed by atoms with van der Waals surface area (Å²) in [5, 5.41) is 0. The maximum Gasteiger partial charge on any atom is 0.150 e. The summed E-state index contributed by atoms with van der Waals surface area (Å²) in [4.78, 5) is 12.0. The van der Waals surface area contributed by atoms with Gasteiger partial charge >= 0.3 is 0 Å². The fraction of sp³-hybridized carbons (Fsp3) is 0.133. The molecule has 0 radical (unpaired) electrons. The van der Waals surface area contributed by atoms with Gasteiger partial charge in [0.25, 0.3) is 0 Å². The Morgan fingerprint density at radius 2 is 2.00 bits per heavy atom. The van der Waals surface area contributed by atoms with Crippen LogP contribution in [0.2, 0.25) is 0 Å². The van der Waals surface area contributed by atoms with Gasteiger partial charge in [0.1, 0.15) is 17.8 Å². The molecule has 0 saturated heterocycles. The van der Waals surface area contributed by atoms with Gasteiger partial charge in [0.15, 0.2) is 0 Å². The normalized spacial score (nSPS) is 12.3. The molecule has 2 nitrogen and oxygen atoms in total. The molecule has 3 heteroatoms. The number of ether oxygens (including phenoxy) is 1. The Bertz CT molecular complexity index is 620. The van der Waals surface area contributed by atoms with Crippen LogP contribution in [-0.4, -0.2) is 12.5 Å². The third-order valence-electron chi connectivity index (χ3n) is 3.10.